The second kappa shape index (κ2) is 11.3. The molecule has 3 aromatic rings. The zero-order valence-corrected chi connectivity index (χ0v) is 23.2. The van der Waals surface area contributed by atoms with Gasteiger partial charge in [-0.15, -0.1) is 0 Å². The fourth-order valence-electron chi connectivity index (χ4n) is 6.32. The van der Waals surface area contributed by atoms with E-state index in [1.54, 1.807) is 12.1 Å². The van der Waals surface area contributed by atoms with Crippen molar-refractivity contribution >= 4 is 26.7 Å². The van der Waals surface area contributed by atoms with E-state index < -0.39 is 10.0 Å². The summed E-state index contributed by atoms with van der Waals surface area (Å²) in [5.41, 5.74) is 2.24. The number of fused-ring (bicyclic) bond motifs is 2. The van der Waals surface area contributed by atoms with Crippen molar-refractivity contribution in [3.8, 4) is 5.75 Å². The predicted molar refractivity (Wildman–Crippen MR) is 152 cm³/mol. The van der Waals surface area contributed by atoms with Crippen LogP contribution >= 0.6 is 0 Å². The van der Waals surface area contributed by atoms with Gasteiger partial charge in [-0.1, -0.05) is 48.9 Å². The molecule has 0 saturated carbocycles. The third-order valence-corrected chi connectivity index (χ3v) is 10.3. The quantitative estimate of drug-likeness (QED) is 0.450. The molecule has 0 aromatic heterocycles. The summed E-state index contributed by atoms with van der Waals surface area (Å²) < 4.78 is 34.7. The molecule has 0 spiro atoms. The molecule has 2 saturated heterocycles. The average Bonchev–Trinajstić information content (AvgIpc) is 3.42. The second-order valence-corrected chi connectivity index (χ2v) is 13.0. The van der Waals surface area contributed by atoms with Gasteiger partial charge in [0, 0.05) is 37.5 Å². The van der Waals surface area contributed by atoms with Gasteiger partial charge in [0.25, 0.3) is 0 Å². The number of ether oxygens (including phenoxy) is 1. The normalized spacial score (nSPS) is 22.4. The molecule has 3 aliphatic rings. The van der Waals surface area contributed by atoms with E-state index in [0.717, 1.165) is 48.1 Å². The number of benzene rings is 3. The van der Waals surface area contributed by atoms with Crippen LogP contribution in [0.5, 0.6) is 5.75 Å². The summed E-state index contributed by atoms with van der Waals surface area (Å²) in [6, 6.07) is 18.9. The van der Waals surface area contributed by atoms with Gasteiger partial charge in [-0.25, -0.2) is 8.42 Å². The van der Waals surface area contributed by atoms with Gasteiger partial charge in [0.05, 0.1) is 17.5 Å². The minimum absolute atomic E-state index is 0.115. The van der Waals surface area contributed by atoms with Crippen molar-refractivity contribution in [2.45, 2.75) is 68.5 Å². The number of rotatable bonds is 7. The SMILES string of the molecule is O=C(C[C@@H]1CCCN1S(=O)(=O)c1ccc2ccccc2c1)N[C@@H]1CCOc2cc(CN3CCCCC3)ccc21. The van der Waals surface area contributed by atoms with Crippen LogP contribution in [0.1, 0.15) is 62.1 Å². The Morgan fingerprint density at radius 1 is 0.897 bits per heavy atom. The largest absolute Gasteiger partial charge is 0.493 e. The summed E-state index contributed by atoms with van der Waals surface area (Å²) in [6.45, 7) is 4.21. The summed E-state index contributed by atoms with van der Waals surface area (Å²) >= 11 is 0. The zero-order valence-electron chi connectivity index (χ0n) is 22.3. The van der Waals surface area contributed by atoms with E-state index in [-0.39, 0.29) is 29.3 Å². The highest BCUT2D eigenvalue weighted by atomic mass is 32.2. The van der Waals surface area contributed by atoms with E-state index in [2.05, 4.69) is 28.4 Å². The first-order valence-corrected chi connectivity index (χ1v) is 15.7. The van der Waals surface area contributed by atoms with Gasteiger partial charge in [0.2, 0.25) is 15.9 Å². The van der Waals surface area contributed by atoms with Crippen LogP contribution in [0.15, 0.2) is 65.6 Å². The fourth-order valence-corrected chi connectivity index (χ4v) is 8.05. The lowest BCUT2D eigenvalue weighted by Gasteiger charge is -2.30. The van der Waals surface area contributed by atoms with Crippen molar-refractivity contribution in [3.05, 3.63) is 71.8 Å². The smallest absolute Gasteiger partial charge is 0.243 e. The first kappa shape index (κ1) is 26.3. The number of sulfonamides is 1. The van der Waals surface area contributed by atoms with Gasteiger partial charge >= 0.3 is 0 Å². The van der Waals surface area contributed by atoms with Crippen molar-refractivity contribution in [3.63, 3.8) is 0 Å². The Hall–Kier alpha value is -2.94. The van der Waals surface area contributed by atoms with Gasteiger partial charge in [0.15, 0.2) is 0 Å². The number of carbonyl (C=O) groups excluding carboxylic acids is 1. The molecule has 2 atom stereocenters. The van der Waals surface area contributed by atoms with Crippen LogP contribution in [-0.2, 0) is 21.4 Å². The van der Waals surface area contributed by atoms with Gasteiger partial charge in [-0.3, -0.25) is 9.69 Å². The Morgan fingerprint density at radius 3 is 2.56 bits per heavy atom. The van der Waals surface area contributed by atoms with Crippen LogP contribution in [0.25, 0.3) is 10.8 Å². The highest BCUT2D eigenvalue weighted by molar-refractivity contribution is 7.89. The Balaban J connectivity index is 1.12. The molecule has 206 valence electrons. The summed E-state index contributed by atoms with van der Waals surface area (Å²) in [4.78, 5) is 16.0. The molecule has 1 amide bonds. The van der Waals surface area contributed by atoms with Gasteiger partial charge < -0.3 is 10.1 Å². The Kier molecular flexibility index (Phi) is 7.60. The van der Waals surface area contributed by atoms with Gasteiger partial charge in [-0.2, -0.15) is 4.31 Å². The first-order chi connectivity index (χ1) is 19.0. The molecule has 0 radical (unpaired) electrons. The highest BCUT2D eigenvalue weighted by Gasteiger charge is 2.37. The molecule has 2 fully saturated rings. The maximum atomic E-state index is 13.6. The third kappa shape index (κ3) is 5.69. The van der Waals surface area contributed by atoms with Crippen molar-refractivity contribution < 1.29 is 17.9 Å². The number of amides is 1. The molecule has 0 unspecified atom stereocenters. The van der Waals surface area contributed by atoms with Crippen molar-refractivity contribution in [1.29, 1.82) is 0 Å². The standard InChI is InChI=1S/C31H37N3O4S/c35-31(32-29-14-18-38-30-19-23(10-13-28(29)30)22-33-15-4-1-5-16-33)21-26-9-6-17-34(26)39(36,37)27-12-11-24-7-2-3-8-25(24)20-27/h2-3,7-8,10-13,19-20,26,29H,1,4-6,9,14-18,21-22H2,(H,32,35)/t26-,29+/m0/s1. The molecule has 0 bridgehead atoms. The van der Waals surface area contributed by atoms with Crippen molar-refractivity contribution in [1.82, 2.24) is 14.5 Å². The highest BCUT2D eigenvalue weighted by Crippen LogP contribution is 2.34. The first-order valence-electron chi connectivity index (χ1n) is 14.3. The monoisotopic (exact) mass is 547 g/mol. The third-order valence-electron chi connectivity index (χ3n) is 8.38. The minimum Gasteiger partial charge on any atom is -0.493 e. The summed E-state index contributed by atoms with van der Waals surface area (Å²) in [6.07, 6.45) is 6.14. The summed E-state index contributed by atoms with van der Waals surface area (Å²) in [7, 11) is -3.69. The molecule has 3 aliphatic heterocycles. The lowest BCUT2D eigenvalue weighted by molar-refractivity contribution is -0.122. The molecule has 7 nitrogen and oxygen atoms in total. The van der Waals surface area contributed by atoms with E-state index in [4.69, 9.17) is 4.74 Å². The summed E-state index contributed by atoms with van der Waals surface area (Å²) in [5, 5.41) is 5.08. The number of likely N-dealkylation sites (tertiary alicyclic amines) is 1. The number of carbonyl (C=O) groups is 1. The van der Waals surface area contributed by atoms with Crippen molar-refractivity contribution in [2.75, 3.05) is 26.2 Å². The van der Waals surface area contributed by atoms with Crippen LogP contribution < -0.4 is 10.1 Å². The maximum absolute atomic E-state index is 13.6. The number of nitrogens with one attached hydrogen (secondary N) is 1. The second-order valence-electron chi connectivity index (χ2n) is 11.1. The lowest BCUT2D eigenvalue weighted by atomic mass is 9.98. The molecular weight excluding hydrogens is 510 g/mol. The molecule has 3 heterocycles. The molecule has 0 aliphatic carbocycles. The molecule has 6 rings (SSSR count). The number of piperidine rings is 1. The van der Waals surface area contributed by atoms with E-state index in [1.165, 1.54) is 29.1 Å². The van der Waals surface area contributed by atoms with Crippen LogP contribution in [0.2, 0.25) is 0 Å². The van der Waals surface area contributed by atoms with E-state index in [0.29, 0.717) is 26.0 Å². The molecule has 1 N–H and O–H groups in total. The van der Waals surface area contributed by atoms with Crippen LogP contribution in [-0.4, -0.2) is 55.8 Å². The Bertz CT molecular complexity index is 1450. The maximum Gasteiger partial charge on any atom is 0.243 e. The van der Waals surface area contributed by atoms with E-state index in [1.807, 2.05) is 30.3 Å². The van der Waals surface area contributed by atoms with E-state index >= 15 is 0 Å². The number of nitrogens with zero attached hydrogens (tertiary/aromatic N) is 2. The Labute approximate surface area is 231 Å². The molecule has 8 heteroatoms. The van der Waals surface area contributed by atoms with Crippen LogP contribution in [0, 0.1) is 0 Å². The van der Waals surface area contributed by atoms with E-state index in [9.17, 15) is 13.2 Å². The number of hydrogen-bond acceptors (Lipinski definition) is 5. The molecule has 3 aromatic carbocycles. The average molecular weight is 548 g/mol. The van der Waals surface area contributed by atoms with Gasteiger partial charge in [-0.05, 0) is 73.3 Å². The van der Waals surface area contributed by atoms with Gasteiger partial charge in [0.1, 0.15) is 5.75 Å². The zero-order chi connectivity index (χ0) is 26.8. The predicted octanol–water partition coefficient (Wildman–Crippen LogP) is 5.01. The van der Waals surface area contributed by atoms with Crippen LogP contribution in [0.3, 0.4) is 0 Å². The molecule has 39 heavy (non-hydrogen) atoms. The summed E-state index contributed by atoms with van der Waals surface area (Å²) in [5.74, 6) is 0.735. The van der Waals surface area contributed by atoms with Crippen molar-refractivity contribution in [2.24, 2.45) is 0 Å². The minimum atomic E-state index is -3.69. The molecular formula is C31H37N3O4S. The lowest BCUT2D eigenvalue weighted by Crippen LogP contribution is -2.40. The number of hydrogen-bond donors (Lipinski definition) is 1. The topological polar surface area (TPSA) is 79.0 Å². The van der Waals surface area contributed by atoms with Crippen LogP contribution in [0.4, 0.5) is 0 Å². The fraction of sp³-hybridized carbons (Fsp3) is 0.452. The Morgan fingerprint density at radius 2 is 1.72 bits per heavy atom.